The molecule has 0 aliphatic heterocycles. The van der Waals surface area contributed by atoms with Gasteiger partial charge in [0.1, 0.15) is 0 Å². The van der Waals surface area contributed by atoms with E-state index in [1.807, 2.05) is 13.8 Å². The Labute approximate surface area is 465 Å². The maximum atomic E-state index is 12.6. The molecule has 17 nitrogen and oxygen atoms in total. The topological polar surface area (TPSA) is 263 Å². The lowest BCUT2D eigenvalue weighted by Crippen LogP contribution is -2.33. The molecule has 0 aliphatic carbocycles. The van der Waals surface area contributed by atoms with Crippen LogP contribution in [0, 0.1) is 0 Å². The van der Waals surface area contributed by atoms with Gasteiger partial charge < -0.3 is 54.0 Å². The molecule has 7 amide bonds. The summed E-state index contributed by atoms with van der Waals surface area (Å²) in [6.07, 6.45) is -12.0. The number of primary amides is 1. The number of hydrogen-bond acceptors (Lipinski definition) is 10. The summed E-state index contributed by atoms with van der Waals surface area (Å²) in [5, 5.41) is 21.7. The molecule has 0 bridgehead atoms. The third-order valence-electron chi connectivity index (χ3n) is 9.79. The average Bonchev–Trinajstić information content (AvgIpc) is 3.39. The first-order valence-electron chi connectivity index (χ1n) is 22.7. The van der Waals surface area contributed by atoms with Crippen LogP contribution < -0.4 is 54.0 Å². The van der Waals surface area contributed by atoms with Crippen LogP contribution in [0.25, 0.3) is 0 Å². The molecular formula is C51H47Cl3F9N11O6. The number of hydrogen-bond donors (Lipinski definition) is 10. The van der Waals surface area contributed by atoms with Crippen molar-refractivity contribution in [2.24, 2.45) is 10.7 Å². The smallest absolute Gasteiger partial charge is 0.398 e. The van der Waals surface area contributed by atoms with E-state index >= 15 is 0 Å². The molecule has 12 N–H and O–H groups in total. The van der Waals surface area contributed by atoms with Crippen molar-refractivity contribution in [1.29, 1.82) is 0 Å². The van der Waals surface area contributed by atoms with Gasteiger partial charge in [0.15, 0.2) is 0 Å². The Morgan fingerprint density at radius 1 is 0.500 bits per heavy atom. The van der Waals surface area contributed by atoms with E-state index in [1.54, 1.807) is 18.2 Å². The van der Waals surface area contributed by atoms with Crippen molar-refractivity contribution >= 4 is 105 Å². The first kappa shape index (κ1) is 65.9. The summed E-state index contributed by atoms with van der Waals surface area (Å²) in [5.41, 5.74) is 10.4. The number of alkyl halides is 9. The second-order valence-corrected chi connectivity index (χ2v) is 16.8. The minimum Gasteiger partial charge on any atom is -0.398 e. The van der Waals surface area contributed by atoms with Gasteiger partial charge in [-0.2, -0.15) is 44.5 Å². The number of urea groups is 2. The molecule has 0 heterocycles. The molecule has 0 atom stereocenters. The zero-order valence-electron chi connectivity index (χ0n) is 41.5. The fourth-order valence-electron chi connectivity index (χ4n) is 5.79. The van der Waals surface area contributed by atoms with E-state index in [0.717, 1.165) is 79.3 Å². The summed E-state index contributed by atoms with van der Waals surface area (Å²) in [4.78, 5) is 71.6. The van der Waals surface area contributed by atoms with Crippen molar-refractivity contribution in [2.45, 2.75) is 32.4 Å². The number of nitrogens with one attached hydrogen (secondary N) is 8. The highest BCUT2D eigenvalue weighted by molar-refractivity contribution is 6.34. The van der Waals surface area contributed by atoms with Gasteiger partial charge in [-0.05, 0) is 140 Å². The number of nitrogens with two attached hydrogens (primary N) is 2. The number of halogens is 12. The number of nitrogen functional groups attached to an aromatic ring is 1. The monoisotopic (exact) mass is 1190 g/mol. The fourth-order valence-corrected chi connectivity index (χ4v) is 6.24. The standard InChI is InChI=1S/C18H18ClF3N4O2.C15H11ClF3N3O2.C10H14ClN3O.C8H4F3NO/c1-2-23-10-24-16(27)11-3-8-14(19)15(9-11)26-17(28)25-13-6-4-12(5-7-13)18(20,21)22;16-11-6-1-8(13(20)23)7-12(11)22-14(24)21-10-4-2-9(3-5-10)15(17,18)19;1-2-13-6-14-10(15)7-3-4-8(11)9(12)5-7;9-8(10,11)6-1-3-7(4-2-6)12-5-13/h3-9,23H,2,10H2,1H3,(H,24,27)(H2,25,26,28);1-7H,(H2,20,23)(H2,21,22,24);3-5,13H,2,6,12H2,1H3,(H,14,15);1-4H. The number of carbonyl (C=O) groups excluding carboxylic acids is 6. The Bertz CT molecular complexity index is 3110. The molecule has 0 saturated carbocycles. The minimum atomic E-state index is -4.46. The third kappa shape index (κ3) is 22.9. The van der Waals surface area contributed by atoms with Gasteiger partial charge in [-0.15, -0.1) is 0 Å². The molecule has 0 spiro atoms. The van der Waals surface area contributed by atoms with Crippen LogP contribution in [0.4, 0.5) is 83.2 Å². The number of isocyanates is 1. The summed E-state index contributed by atoms with van der Waals surface area (Å²) in [6, 6.07) is 23.6. The van der Waals surface area contributed by atoms with Crippen LogP contribution in [0.5, 0.6) is 0 Å². The molecule has 80 heavy (non-hydrogen) atoms. The van der Waals surface area contributed by atoms with Crippen molar-refractivity contribution in [3.8, 4) is 0 Å². The lowest BCUT2D eigenvalue weighted by molar-refractivity contribution is -0.138. The fraction of sp³-hybridized carbons (Fsp3) is 0.176. The van der Waals surface area contributed by atoms with Crippen LogP contribution in [-0.2, 0) is 23.3 Å². The Hall–Kier alpha value is -8.39. The molecule has 0 aliphatic rings. The third-order valence-corrected chi connectivity index (χ3v) is 10.8. The molecule has 0 unspecified atom stereocenters. The molecular weight excluding hydrogens is 1140 g/mol. The SMILES string of the molecule is CCNCNC(=O)c1ccc(Cl)c(N)c1.CCNCNC(=O)c1ccc(Cl)c(NC(=O)Nc2ccc(C(F)(F)F)cc2)c1.NC(=O)c1ccc(Cl)c(NC(=O)Nc2ccc(C(F)(F)F)cc2)c1.O=C=Nc1ccc(C(F)(F)F)cc1. The molecule has 0 aromatic heterocycles. The van der Waals surface area contributed by atoms with E-state index in [-0.39, 0.29) is 68.1 Å². The van der Waals surface area contributed by atoms with Crippen molar-refractivity contribution < 1.29 is 68.3 Å². The van der Waals surface area contributed by atoms with E-state index in [1.165, 1.54) is 42.5 Å². The van der Waals surface area contributed by atoms with Crippen molar-refractivity contribution in [3.05, 3.63) is 176 Å². The summed E-state index contributed by atoms with van der Waals surface area (Å²) in [7, 11) is 0. The van der Waals surface area contributed by atoms with Crippen LogP contribution in [0.1, 0.15) is 61.6 Å². The zero-order valence-corrected chi connectivity index (χ0v) is 43.8. The van der Waals surface area contributed by atoms with Crippen LogP contribution in [0.3, 0.4) is 0 Å². The maximum Gasteiger partial charge on any atom is 0.416 e. The summed E-state index contributed by atoms with van der Waals surface area (Å²) in [6.45, 7) is 6.09. The van der Waals surface area contributed by atoms with Gasteiger partial charge in [-0.1, -0.05) is 48.7 Å². The molecule has 6 rings (SSSR count). The Balaban J connectivity index is 0.000000293. The number of rotatable bonds is 14. The summed E-state index contributed by atoms with van der Waals surface area (Å²) >= 11 is 17.7. The first-order valence-corrected chi connectivity index (χ1v) is 23.9. The van der Waals surface area contributed by atoms with Gasteiger partial charge in [0.2, 0.25) is 12.0 Å². The van der Waals surface area contributed by atoms with Crippen molar-refractivity contribution in [3.63, 3.8) is 0 Å². The highest BCUT2D eigenvalue weighted by atomic mass is 35.5. The molecule has 6 aromatic carbocycles. The first-order chi connectivity index (χ1) is 37.5. The zero-order chi connectivity index (χ0) is 59.8. The highest BCUT2D eigenvalue weighted by Crippen LogP contribution is 2.33. The summed E-state index contributed by atoms with van der Waals surface area (Å²) in [5.74, 6) is -1.22. The lowest BCUT2D eigenvalue weighted by Gasteiger charge is -2.12. The van der Waals surface area contributed by atoms with Gasteiger partial charge in [0.25, 0.3) is 11.8 Å². The minimum absolute atomic E-state index is 0.136. The number of nitrogens with zero attached hydrogens (tertiary/aromatic N) is 1. The van der Waals surface area contributed by atoms with E-state index in [9.17, 15) is 68.3 Å². The Morgan fingerprint density at radius 2 is 0.850 bits per heavy atom. The quantitative estimate of drug-likeness (QED) is 0.0124. The Morgan fingerprint density at radius 3 is 1.20 bits per heavy atom. The second kappa shape index (κ2) is 31.3. The maximum absolute atomic E-state index is 12.6. The molecule has 0 saturated heterocycles. The summed E-state index contributed by atoms with van der Waals surface area (Å²) < 4.78 is 111. The van der Waals surface area contributed by atoms with Crippen LogP contribution in [0.15, 0.2) is 132 Å². The normalized spacial score (nSPS) is 10.8. The van der Waals surface area contributed by atoms with Gasteiger partial charge in [0.05, 0.1) is 67.8 Å². The van der Waals surface area contributed by atoms with Crippen molar-refractivity contribution in [1.82, 2.24) is 21.3 Å². The van der Waals surface area contributed by atoms with Crippen LogP contribution in [-0.4, -0.2) is 62.3 Å². The number of anilines is 5. The largest absolute Gasteiger partial charge is 0.416 e. The van der Waals surface area contributed by atoms with E-state index in [4.69, 9.17) is 46.3 Å². The van der Waals surface area contributed by atoms with Crippen LogP contribution >= 0.6 is 34.8 Å². The lowest BCUT2D eigenvalue weighted by atomic mass is 10.2. The number of aliphatic imine (C=N–C) groups is 1. The van der Waals surface area contributed by atoms with Gasteiger partial charge in [-0.3, -0.25) is 14.4 Å². The molecule has 0 radical (unpaired) electrons. The predicted molar refractivity (Wildman–Crippen MR) is 287 cm³/mol. The van der Waals surface area contributed by atoms with Gasteiger partial charge >= 0.3 is 30.6 Å². The van der Waals surface area contributed by atoms with Gasteiger partial charge in [-0.25, -0.2) is 14.4 Å². The predicted octanol–water partition coefficient (Wildman–Crippen LogP) is 12.3. The molecule has 29 heteroatoms. The second-order valence-electron chi connectivity index (χ2n) is 15.6. The molecule has 0 fully saturated rings. The number of amides is 7. The number of benzene rings is 6. The van der Waals surface area contributed by atoms with Crippen LogP contribution in [0.2, 0.25) is 15.1 Å². The van der Waals surface area contributed by atoms with E-state index in [2.05, 4.69) is 47.5 Å². The number of carbonyl (C=O) groups is 5. The van der Waals surface area contributed by atoms with E-state index < -0.39 is 53.2 Å². The molecule has 6 aromatic rings. The average molecular weight is 1190 g/mol. The van der Waals surface area contributed by atoms with E-state index in [0.29, 0.717) is 29.5 Å². The van der Waals surface area contributed by atoms with Gasteiger partial charge in [0, 0.05) is 28.1 Å². The van der Waals surface area contributed by atoms with Crippen molar-refractivity contribution in [2.75, 3.05) is 53.4 Å². The highest BCUT2D eigenvalue weighted by Gasteiger charge is 2.31. The molecule has 426 valence electrons. The Kier molecular flexibility index (Phi) is 25.8.